The molecule has 1 fully saturated rings. The van der Waals surface area contributed by atoms with Crippen LogP contribution in [0, 0.1) is 6.92 Å². The fourth-order valence-corrected chi connectivity index (χ4v) is 7.18. The Labute approximate surface area is 213 Å². The predicted molar refractivity (Wildman–Crippen MR) is 143 cm³/mol. The summed E-state index contributed by atoms with van der Waals surface area (Å²) in [7, 11) is -3.89. The van der Waals surface area contributed by atoms with E-state index >= 15 is 0 Å². The molecule has 0 bridgehead atoms. The molecule has 8 heteroatoms. The number of carbonyl (C=O) groups is 1. The van der Waals surface area contributed by atoms with Gasteiger partial charge in [0, 0.05) is 17.5 Å². The number of aryl methyl sites for hydroxylation is 1. The molecular formula is C27H36N2O4S2. The lowest BCUT2D eigenvalue weighted by molar-refractivity contribution is -0.127. The molecule has 1 amide bonds. The third-order valence-corrected chi connectivity index (χ3v) is 9.83. The average Bonchev–Trinajstić information content (AvgIpc) is 3.34. The summed E-state index contributed by atoms with van der Waals surface area (Å²) in [5.41, 5.74) is 2.28. The molecule has 4 rings (SSSR count). The highest BCUT2D eigenvalue weighted by Gasteiger charge is 2.38. The first-order chi connectivity index (χ1) is 16.6. The fraction of sp³-hybridized carbons (Fsp3) is 0.519. The smallest absolute Gasteiger partial charge is 0.264 e. The van der Waals surface area contributed by atoms with Crippen molar-refractivity contribution in [2.45, 2.75) is 75.0 Å². The quantitative estimate of drug-likeness (QED) is 0.522. The van der Waals surface area contributed by atoms with Crippen molar-refractivity contribution in [2.24, 2.45) is 0 Å². The van der Waals surface area contributed by atoms with Gasteiger partial charge in [0.25, 0.3) is 15.9 Å². The van der Waals surface area contributed by atoms with Crippen LogP contribution in [0.5, 0.6) is 5.75 Å². The number of nitrogens with zero attached hydrogens (tertiary/aromatic N) is 1. The Kier molecular flexibility index (Phi) is 7.71. The van der Waals surface area contributed by atoms with Crippen LogP contribution in [-0.2, 0) is 20.2 Å². The minimum absolute atomic E-state index is 0.0710. The van der Waals surface area contributed by atoms with Gasteiger partial charge in [0.15, 0.2) is 6.10 Å². The molecule has 2 aliphatic rings. The summed E-state index contributed by atoms with van der Waals surface area (Å²) < 4.78 is 34.9. The Morgan fingerprint density at radius 3 is 2.46 bits per heavy atom. The number of hydrogen-bond acceptors (Lipinski definition) is 5. The first kappa shape index (κ1) is 25.9. The summed E-state index contributed by atoms with van der Waals surface area (Å²) in [6.45, 7) is 8.63. The van der Waals surface area contributed by atoms with Gasteiger partial charge in [0.2, 0.25) is 0 Å². The second kappa shape index (κ2) is 10.4. The van der Waals surface area contributed by atoms with E-state index in [9.17, 15) is 13.2 Å². The predicted octanol–water partition coefficient (Wildman–Crippen LogP) is 5.04. The van der Waals surface area contributed by atoms with Gasteiger partial charge in [-0.1, -0.05) is 57.4 Å². The van der Waals surface area contributed by atoms with Crippen LogP contribution in [0.1, 0.15) is 57.6 Å². The van der Waals surface area contributed by atoms with Crippen LogP contribution in [0.25, 0.3) is 0 Å². The zero-order valence-electron chi connectivity index (χ0n) is 21.0. The van der Waals surface area contributed by atoms with Crippen molar-refractivity contribution in [3.05, 3.63) is 53.6 Å². The number of nitrogens with one attached hydrogen (secondary N) is 1. The van der Waals surface area contributed by atoms with Crippen LogP contribution in [0.2, 0.25) is 0 Å². The number of sulfonamides is 1. The third kappa shape index (κ3) is 5.97. The molecule has 1 aliphatic carbocycles. The highest BCUT2D eigenvalue weighted by atomic mass is 32.2. The van der Waals surface area contributed by atoms with Gasteiger partial charge in [0.1, 0.15) is 5.75 Å². The minimum atomic E-state index is -3.89. The van der Waals surface area contributed by atoms with Gasteiger partial charge in [-0.25, -0.2) is 8.42 Å². The summed E-state index contributed by atoms with van der Waals surface area (Å²) >= 11 is 1.91. The maximum atomic E-state index is 13.7. The Morgan fingerprint density at radius 2 is 1.80 bits per heavy atom. The molecule has 2 aromatic rings. The summed E-state index contributed by atoms with van der Waals surface area (Å²) in [5, 5.41) is 3.65. The second-order valence-corrected chi connectivity index (χ2v) is 13.7. The van der Waals surface area contributed by atoms with Crippen LogP contribution in [0.3, 0.4) is 0 Å². The number of ether oxygens (including phenoxy) is 1. The van der Waals surface area contributed by atoms with E-state index in [0.717, 1.165) is 16.9 Å². The van der Waals surface area contributed by atoms with Crippen LogP contribution in [-0.4, -0.2) is 44.5 Å². The molecule has 35 heavy (non-hydrogen) atoms. The number of anilines is 1. The largest absolute Gasteiger partial charge is 0.476 e. The van der Waals surface area contributed by atoms with Crippen molar-refractivity contribution in [1.82, 2.24) is 5.32 Å². The van der Waals surface area contributed by atoms with Crippen molar-refractivity contribution in [2.75, 3.05) is 23.1 Å². The maximum absolute atomic E-state index is 13.7. The SMILES string of the molecule is Cc1ccc(S(=O)(=O)N2C[C@H](C(=O)NCCSC3CCCC3)Oc3ccc(C(C)(C)C)cc32)cc1. The molecule has 2 aromatic carbocycles. The van der Waals surface area contributed by atoms with E-state index in [4.69, 9.17) is 4.74 Å². The first-order valence-electron chi connectivity index (χ1n) is 12.4. The van der Waals surface area contributed by atoms with Gasteiger partial charge < -0.3 is 10.1 Å². The maximum Gasteiger partial charge on any atom is 0.264 e. The zero-order chi connectivity index (χ0) is 25.2. The fourth-order valence-electron chi connectivity index (χ4n) is 4.49. The van der Waals surface area contributed by atoms with Gasteiger partial charge in [0.05, 0.1) is 17.1 Å². The molecule has 1 N–H and O–H groups in total. The van der Waals surface area contributed by atoms with Crippen molar-refractivity contribution < 1.29 is 17.9 Å². The topological polar surface area (TPSA) is 75.7 Å². The van der Waals surface area contributed by atoms with Crippen LogP contribution < -0.4 is 14.4 Å². The highest BCUT2D eigenvalue weighted by Crippen LogP contribution is 2.40. The Morgan fingerprint density at radius 1 is 1.11 bits per heavy atom. The normalized spacial score (nSPS) is 18.7. The van der Waals surface area contributed by atoms with E-state index in [1.54, 1.807) is 30.3 Å². The van der Waals surface area contributed by atoms with Crippen molar-refractivity contribution >= 4 is 33.4 Å². The third-order valence-electron chi connectivity index (χ3n) is 6.65. The molecule has 0 spiro atoms. The molecular weight excluding hydrogens is 480 g/mol. The molecule has 1 aliphatic heterocycles. The monoisotopic (exact) mass is 516 g/mol. The van der Waals surface area contributed by atoms with E-state index < -0.39 is 16.1 Å². The summed E-state index contributed by atoms with van der Waals surface area (Å²) in [5.74, 6) is 0.965. The number of hydrogen-bond donors (Lipinski definition) is 1. The van der Waals surface area contributed by atoms with Crippen LogP contribution >= 0.6 is 11.8 Å². The molecule has 0 radical (unpaired) electrons. The molecule has 1 atom stereocenters. The van der Waals surface area contributed by atoms with Crippen molar-refractivity contribution in [3.63, 3.8) is 0 Å². The zero-order valence-corrected chi connectivity index (χ0v) is 22.7. The Hall–Kier alpha value is -2.19. The van der Waals surface area contributed by atoms with Gasteiger partial charge in [-0.3, -0.25) is 9.10 Å². The number of benzene rings is 2. The molecule has 1 heterocycles. The van der Waals surface area contributed by atoms with Gasteiger partial charge >= 0.3 is 0 Å². The Balaban J connectivity index is 1.57. The number of fused-ring (bicyclic) bond motifs is 1. The minimum Gasteiger partial charge on any atom is -0.476 e. The highest BCUT2D eigenvalue weighted by molar-refractivity contribution is 7.99. The van der Waals surface area contributed by atoms with Gasteiger partial charge in [-0.2, -0.15) is 11.8 Å². The van der Waals surface area contributed by atoms with Gasteiger partial charge in [-0.15, -0.1) is 0 Å². The van der Waals surface area contributed by atoms with Gasteiger partial charge in [-0.05, 0) is 55.0 Å². The van der Waals surface area contributed by atoms with Crippen LogP contribution in [0.15, 0.2) is 47.4 Å². The first-order valence-corrected chi connectivity index (χ1v) is 14.8. The molecule has 190 valence electrons. The van der Waals surface area contributed by atoms with E-state index in [0.29, 0.717) is 23.2 Å². The molecule has 0 saturated heterocycles. The number of carbonyl (C=O) groups excluding carboxylic acids is 1. The molecule has 0 unspecified atom stereocenters. The van der Waals surface area contributed by atoms with E-state index in [1.165, 1.54) is 30.0 Å². The molecule has 6 nitrogen and oxygen atoms in total. The Bertz CT molecular complexity index is 1150. The van der Waals surface area contributed by atoms with E-state index in [1.807, 2.05) is 30.8 Å². The van der Waals surface area contributed by atoms with Crippen molar-refractivity contribution in [1.29, 1.82) is 0 Å². The standard InChI is InChI=1S/C27H36N2O4S2/c1-19-9-12-22(13-10-19)35(31,32)29-18-25(26(30)28-15-16-34-21-7-5-6-8-21)33-24-14-11-20(17-23(24)29)27(2,3)4/h9-14,17,21,25H,5-8,15-16,18H2,1-4H3,(H,28,30)/t25-/m1/s1. The summed E-state index contributed by atoms with van der Waals surface area (Å²) in [6.07, 6.45) is 4.18. The van der Waals surface area contributed by atoms with Crippen molar-refractivity contribution in [3.8, 4) is 5.75 Å². The number of thioether (sulfide) groups is 1. The van der Waals surface area contributed by atoms with Crippen LogP contribution in [0.4, 0.5) is 5.69 Å². The number of rotatable bonds is 7. The van der Waals surface area contributed by atoms with E-state index in [-0.39, 0.29) is 22.8 Å². The lowest BCUT2D eigenvalue weighted by Gasteiger charge is -2.36. The van der Waals surface area contributed by atoms with E-state index in [2.05, 4.69) is 26.1 Å². The second-order valence-electron chi connectivity index (χ2n) is 10.5. The molecule has 0 aromatic heterocycles. The lowest BCUT2D eigenvalue weighted by Crippen LogP contribution is -2.51. The number of amides is 1. The summed E-state index contributed by atoms with van der Waals surface area (Å²) in [6, 6.07) is 12.4. The molecule has 1 saturated carbocycles. The average molecular weight is 517 g/mol. The lowest BCUT2D eigenvalue weighted by atomic mass is 9.86. The summed E-state index contributed by atoms with van der Waals surface area (Å²) in [4.78, 5) is 13.2.